The van der Waals surface area contributed by atoms with Gasteiger partial charge in [-0.25, -0.2) is 4.98 Å². The molecule has 7 nitrogen and oxygen atoms in total. The van der Waals surface area contributed by atoms with Crippen molar-refractivity contribution < 1.29 is 4.79 Å². The summed E-state index contributed by atoms with van der Waals surface area (Å²) in [6, 6.07) is 0.0447. The first-order valence-electron chi connectivity index (χ1n) is 5.65. The van der Waals surface area contributed by atoms with Crippen LogP contribution in [-0.4, -0.2) is 31.3 Å². The van der Waals surface area contributed by atoms with Crippen LogP contribution in [0.25, 0.3) is 11.0 Å². The van der Waals surface area contributed by atoms with Crippen molar-refractivity contribution in [2.45, 2.75) is 26.4 Å². The summed E-state index contributed by atoms with van der Waals surface area (Å²) >= 11 is 0. The maximum atomic E-state index is 12.1. The van der Waals surface area contributed by atoms with Crippen LogP contribution < -0.4 is 10.9 Å². The van der Waals surface area contributed by atoms with Gasteiger partial charge in [0.15, 0.2) is 5.65 Å². The quantitative estimate of drug-likeness (QED) is 0.806. The first kappa shape index (κ1) is 12.3. The predicted octanol–water partition coefficient (Wildman–Crippen LogP) is -0.345. The van der Waals surface area contributed by atoms with Gasteiger partial charge in [0.05, 0.1) is 6.20 Å². The number of hydrogen-bond acceptors (Lipinski definition) is 4. The van der Waals surface area contributed by atoms with Gasteiger partial charge in [0.1, 0.15) is 18.3 Å². The van der Waals surface area contributed by atoms with Gasteiger partial charge in [-0.2, -0.15) is 5.10 Å². The van der Waals surface area contributed by atoms with Gasteiger partial charge in [0.25, 0.3) is 5.56 Å². The van der Waals surface area contributed by atoms with Crippen molar-refractivity contribution in [2.24, 2.45) is 7.05 Å². The number of carbonyl (C=O) groups excluding carboxylic acids is 1. The minimum absolute atomic E-state index is 0.0329. The largest absolute Gasteiger partial charge is 0.352 e. The smallest absolute Gasteiger partial charge is 0.264 e. The SMILES string of the molecule is CC(C)NC(=O)Cn1cnc2c(cnn2C)c1=O. The highest BCUT2D eigenvalue weighted by atomic mass is 16.2. The Morgan fingerprint density at radius 2 is 2.22 bits per heavy atom. The van der Waals surface area contributed by atoms with E-state index in [1.54, 1.807) is 7.05 Å². The van der Waals surface area contributed by atoms with Crippen molar-refractivity contribution in [2.75, 3.05) is 0 Å². The molecule has 2 aromatic rings. The number of fused-ring (bicyclic) bond motifs is 1. The second-order valence-electron chi connectivity index (χ2n) is 4.41. The monoisotopic (exact) mass is 249 g/mol. The molecule has 0 unspecified atom stereocenters. The second kappa shape index (κ2) is 4.59. The number of rotatable bonds is 3. The standard InChI is InChI=1S/C11H15N5O2/c1-7(2)14-9(17)5-16-6-12-10-8(11(16)18)4-13-15(10)3/h4,6-7H,5H2,1-3H3,(H,14,17). The molecule has 2 rings (SSSR count). The van der Waals surface area contributed by atoms with Crippen LogP contribution in [0.1, 0.15) is 13.8 Å². The van der Waals surface area contributed by atoms with Crippen LogP contribution in [0.15, 0.2) is 17.3 Å². The molecular weight excluding hydrogens is 234 g/mol. The lowest BCUT2D eigenvalue weighted by Gasteiger charge is -2.09. The first-order chi connectivity index (χ1) is 8.49. The Labute approximate surface area is 103 Å². The molecule has 96 valence electrons. The van der Waals surface area contributed by atoms with Crippen molar-refractivity contribution in [3.63, 3.8) is 0 Å². The average Bonchev–Trinajstić information content (AvgIpc) is 2.64. The molecule has 0 atom stereocenters. The maximum Gasteiger partial charge on any atom is 0.264 e. The van der Waals surface area contributed by atoms with Gasteiger partial charge < -0.3 is 5.32 Å². The third-order valence-corrected chi connectivity index (χ3v) is 2.48. The van der Waals surface area contributed by atoms with E-state index in [2.05, 4.69) is 15.4 Å². The van der Waals surface area contributed by atoms with E-state index in [4.69, 9.17) is 0 Å². The van der Waals surface area contributed by atoms with Crippen molar-refractivity contribution in [3.05, 3.63) is 22.9 Å². The maximum absolute atomic E-state index is 12.1. The molecule has 0 radical (unpaired) electrons. The number of aryl methyl sites for hydroxylation is 1. The molecule has 0 spiro atoms. The van der Waals surface area contributed by atoms with Crippen LogP contribution in [0.5, 0.6) is 0 Å². The zero-order valence-corrected chi connectivity index (χ0v) is 10.5. The van der Waals surface area contributed by atoms with Crippen LogP contribution in [-0.2, 0) is 18.4 Å². The van der Waals surface area contributed by atoms with Crippen LogP contribution in [0.2, 0.25) is 0 Å². The lowest BCUT2D eigenvalue weighted by Crippen LogP contribution is -2.36. The summed E-state index contributed by atoms with van der Waals surface area (Å²) in [7, 11) is 1.71. The van der Waals surface area contributed by atoms with E-state index in [0.29, 0.717) is 11.0 Å². The molecule has 2 aromatic heterocycles. The number of aromatic nitrogens is 4. The Balaban J connectivity index is 2.32. The fourth-order valence-electron chi connectivity index (χ4n) is 1.70. The number of carbonyl (C=O) groups is 1. The molecule has 0 aromatic carbocycles. The molecular formula is C11H15N5O2. The van der Waals surface area contributed by atoms with E-state index < -0.39 is 0 Å². The normalized spacial score (nSPS) is 11.1. The minimum atomic E-state index is -0.257. The average molecular weight is 249 g/mol. The number of hydrogen-bond donors (Lipinski definition) is 1. The summed E-state index contributed by atoms with van der Waals surface area (Å²) in [6.07, 6.45) is 2.83. The summed E-state index contributed by atoms with van der Waals surface area (Å²) in [5.41, 5.74) is 0.257. The van der Waals surface area contributed by atoms with Gasteiger partial charge in [-0.05, 0) is 13.8 Å². The highest BCUT2D eigenvalue weighted by Gasteiger charge is 2.10. The van der Waals surface area contributed by atoms with Crippen LogP contribution >= 0.6 is 0 Å². The Morgan fingerprint density at radius 3 is 2.89 bits per heavy atom. The molecule has 18 heavy (non-hydrogen) atoms. The van der Waals surface area contributed by atoms with Crippen molar-refractivity contribution in [1.82, 2.24) is 24.6 Å². The highest BCUT2D eigenvalue weighted by Crippen LogP contribution is 2.02. The summed E-state index contributed by atoms with van der Waals surface area (Å²) in [6.45, 7) is 3.70. The molecule has 1 amide bonds. The van der Waals surface area contributed by atoms with E-state index in [-0.39, 0.29) is 24.1 Å². The first-order valence-corrected chi connectivity index (χ1v) is 5.65. The van der Waals surface area contributed by atoms with Crippen LogP contribution in [0.3, 0.4) is 0 Å². The Hall–Kier alpha value is -2.18. The second-order valence-corrected chi connectivity index (χ2v) is 4.41. The molecule has 0 saturated heterocycles. The fourth-order valence-corrected chi connectivity index (χ4v) is 1.70. The van der Waals surface area contributed by atoms with Gasteiger partial charge >= 0.3 is 0 Å². The van der Waals surface area contributed by atoms with E-state index in [0.717, 1.165) is 0 Å². The van der Waals surface area contributed by atoms with Gasteiger partial charge in [-0.15, -0.1) is 0 Å². The molecule has 0 aliphatic heterocycles. The molecule has 0 fully saturated rings. The van der Waals surface area contributed by atoms with Gasteiger partial charge in [0.2, 0.25) is 5.91 Å². The molecule has 1 N–H and O–H groups in total. The Kier molecular flexibility index (Phi) is 3.14. The molecule has 0 aliphatic carbocycles. The van der Waals surface area contributed by atoms with E-state index in [9.17, 15) is 9.59 Å². The lowest BCUT2D eigenvalue weighted by atomic mass is 10.4. The van der Waals surface area contributed by atoms with Crippen LogP contribution in [0, 0.1) is 0 Å². The third kappa shape index (κ3) is 2.24. The lowest BCUT2D eigenvalue weighted by molar-refractivity contribution is -0.122. The summed E-state index contributed by atoms with van der Waals surface area (Å²) in [4.78, 5) is 27.8. The number of amides is 1. The highest BCUT2D eigenvalue weighted by molar-refractivity contribution is 5.77. The topological polar surface area (TPSA) is 81.8 Å². The molecule has 7 heteroatoms. The zero-order valence-electron chi connectivity index (χ0n) is 10.5. The zero-order chi connectivity index (χ0) is 13.3. The third-order valence-electron chi connectivity index (χ3n) is 2.48. The van der Waals surface area contributed by atoms with Crippen molar-refractivity contribution >= 4 is 16.9 Å². The summed E-state index contributed by atoms with van der Waals surface area (Å²) in [5.74, 6) is -0.211. The van der Waals surface area contributed by atoms with E-state index >= 15 is 0 Å². The number of nitrogens with zero attached hydrogens (tertiary/aromatic N) is 4. The van der Waals surface area contributed by atoms with Gasteiger partial charge in [-0.3, -0.25) is 18.8 Å². The number of nitrogens with one attached hydrogen (secondary N) is 1. The minimum Gasteiger partial charge on any atom is -0.352 e. The molecule has 2 heterocycles. The van der Waals surface area contributed by atoms with Gasteiger partial charge in [0, 0.05) is 13.1 Å². The van der Waals surface area contributed by atoms with E-state index in [1.165, 1.54) is 21.8 Å². The Bertz CT molecular complexity index is 640. The summed E-state index contributed by atoms with van der Waals surface area (Å²) in [5, 5.41) is 7.10. The predicted molar refractivity (Wildman–Crippen MR) is 66.0 cm³/mol. The Morgan fingerprint density at radius 1 is 1.50 bits per heavy atom. The van der Waals surface area contributed by atoms with E-state index in [1.807, 2.05) is 13.8 Å². The summed E-state index contributed by atoms with van der Waals surface area (Å²) < 4.78 is 2.80. The van der Waals surface area contributed by atoms with Crippen molar-refractivity contribution in [1.29, 1.82) is 0 Å². The molecule has 0 aliphatic rings. The molecule has 0 saturated carbocycles. The fraction of sp³-hybridized carbons (Fsp3) is 0.455. The molecule has 0 bridgehead atoms. The van der Waals surface area contributed by atoms with Gasteiger partial charge in [-0.1, -0.05) is 0 Å². The van der Waals surface area contributed by atoms with Crippen molar-refractivity contribution in [3.8, 4) is 0 Å². The van der Waals surface area contributed by atoms with Crippen LogP contribution in [0.4, 0.5) is 0 Å².